The lowest BCUT2D eigenvalue weighted by molar-refractivity contribution is 0.360. The van der Waals surface area contributed by atoms with Crippen molar-refractivity contribution in [2.24, 2.45) is 5.92 Å². The Morgan fingerprint density at radius 1 is 1.42 bits per heavy atom. The maximum absolute atomic E-state index is 4.42. The molecule has 19 heavy (non-hydrogen) atoms. The first-order valence-electron chi connectivity index (χ1n) is 7.18. The fourth-order valence-electron chi connectivity index (χ4n) is 2.81. The average Bonchev–Trinajstić information content (AvgIpc) is 2.79. The summed E-state index contributed by atoms with van der Waals surface area (Å²) in [5.41, 5.74) is 3.51. The molecular weight excluding hydrogens is 236 g/mol. The van der Waals surface area contributed by atoms with Crippen LogP contribution in [0.15, 0.2) is 18.2 Å². The standard InChI is InChI=1S/C15H22N4/c1-11-18-14-5-4-12(7-15(14)19-11)8-17-10-13-3-2-6-16-9-13/h4-5,7,13,16-17H,2-3,6,8-10H2,1H3,(H,18,19). The molecule has 1 aromatic heterocycles. The number of hydrogen-bond acceptors (Lipinski definition) is 3. The Morgan fingerprint density at radius 3 is 3.21 bits per heavy atom. The molecule has 0 amide bonds. The van der Waals surface area contributed by atoms with E-state index in [1.165, 1.54) is 24.9 Å². The van der Waals surface area contributed by atoms with E-state index in [1.807, 2.05) is 6.92 Å². The lowest BCUT2D eigenvalue weighted by Crippen LogP contribution is -2.35. The number of aromatic amines is 1. The van der Waals surface area contributed by atoms with Gasteiger partial charge in [-0.25, -0.2) is 4.98 Å². The largest absolute Gasteiger partial charge is 0.342 e. The second-order valence-electron chi connectivity index (χ2n) is 5.52. The molecule has 1 fully saturated rings. The normalized spacial score (nSPS) is 19.9. The molecular formula is C15H22N4. The zero-order valence-electron chi connectivity index (χ0n) is 11.5. The molecule has 0 aliphatic carbocycles. The number of aryl methyl sites for hydroxylation is 1. The molecule has 2 aromatic rings. The van der Waals surface area contributed by atoms with Crippen molar-refractivity contribution in [1.82, 2.24) is 20.6 Å². The smallest absolute Gasteiger partial charge is 0.104 e. The van der Waals surface area contributed by atoms with Crippen molar-refractivity contribution in [3.8, 4) is 0 Å². The molecule has 2 heterocycles. The van der Waals surface area contributed by atoms with Crippen LogP contribution in [0.3, 0.4) is 0 Å². The third-order valence-electron chi connectivity index (χ3n) is 3.83. The Labute approximate surface area is 114 Å². The van der Waals surface area contributed by atoms with Crippen molar-refractivity contribution in [3.63, 3.8) is 0 Å². The van der Waals surface area contributed by atoms with Gasteiger partial charge in [-0.1, -0.05) is 6.07 Å². The Bertz CT molecular complexity index is 540. The molecule has 3 N–H and O–H groups in total. The Hall–Kier alpha value is -1.39. The van der Waals surface area contributed by atoms with Crippen LogP contribution in [0.4, 0.5) is 0 Å². The molecule has 4 heteroatoms. The van der Waals surface area contributed by atoms with E-state index in [0.717, 1.165) is 42.4 Å². The van der Waals surface area contributed by atoms with Crippen molar-refractivity contribution in [1.29, 1.82) is 0 Å². The number of aromatic nitrogens is 2. The van der Waals surface area contributed by atoms with Gasteiger partial charge >= 0.3 is 0 Å². The summed E-state index contributed by atoms with van der Waals surface area (Å²) >= 11 is 0. The second-order valence-corrected chi connectivity index (χ2v) is 5.52. The van der Waals surface area contributed by atoms with Gasteiger partial charge < -0.3 is 15.6 Å². The van der Waals surface area contributed by atoms with Crippen LogP contribution >= 0.6 is 0 Å². The first-order valence-corrected chi connectivity index (χ1v) is 7.18. The number of nitrogens with zero attached hydrogens (tertiary/aromatic N) is 1. The Morgan fingerprint density at radius 2 is 2.37 bits per heavy atom. The van der Waals surface area contributed by atoms with Crippen LogP contribution in [0, 0.1) is 12.8 Å². The Kier molecular flexibility index (Phi) is 3.80. The number of H-pyrrole nitrogens is 1. The van der Waals surface area contributed by atoms with Gasteiger partial charge in [0, 0.05) is 6.54 Å². The van der Waals surface area contributed by atoms with Crippen molar-refractivity contribution < 1.29 is 0 Å². The fraction of sp³-hybridized carbons (Fsp3) is 0.533. The van der Waals surface area contributed by atoms with Gasteiger partial charge in [0.1, 0.15) is 5.82 Å². The predicted molar refractivity (Wildman–Crippen MR) is 78.1 cm³/mol. The van der Waals surface area contributed by atoms with Crippen LogP contribution in [0.2, 0.25) is 0 Å². The van der Waals surface area contributed by atoms with Crippen molar-refractivity contribution in [2.45, 2.75) is 26.3 Å². The lowest BCUT2D eigenvalue weighted by Gasteiger charge is -2.22. The summed E-state index contributed by atoms with van der Waals surface area (Å²) in [5, 5.41) is 7.03. The predicted octanol–water partition coefficient (Wildman–Crippen LogP) is 1.96. The zero-order chi connectivity index (χ0) is 13.1. The highest BCUT2D eigenvalue weighted by atomic mass is 14.9. The summed E-state index contributed by atoms with van der Waals surface area (Å²) < 4.78 is 0. The minimum Gasteiger partial charge on any atom is -0.342 e. The first kappa shape index (κ1) is 12.6. The van der Waals surface area contributed by atoms with Gasteiger partial charge in [0.15, 0.2) is 0 Å². The summed E-state index contributed by atoms with van der Waals surface area (Å²) in [6.45, 7) is 6.38. The third kappa shape index (κ3) is 3.14. The van der Waals surface area contributed by atoms with E-state index < -0.39 is 0 Å². The lowest BCUT2D eigenvalue weighted by atomic mass is 10.00. The van der Waals surface area contributed by atoms with Crippen molar-refractivity contribution >= 4 is 11.0 Å². The number of benzene rings is 1. The number of rotatable bonds is 4. The zero-order valence-corrected chi connectivity index (χ0v) is 11.5. The van der Waals surface area contributed by atoms with Crippen LogP contribution in [0.1, 0.15) is 24.2 Å². The molecule has 0 bridgehead atoms. The number of nitrogens with one attached hydrogen (secondary N) is 3. The van der Waals surface area contributed by atoms with Gasteiger partial charge in [-0.3, -0.25) is 0 Å². The van der Waals surface area contributed by atoms with E-state index in [4.69, 9.17) is 0 Å². The number of imidazole rings is 1. The summed E-state index contributed by atoms with van der Waals surface area (Å²) in [5.74, 6) is 1.76. The maximum atomic E-state index is 4.42. The quantitative estimate of drug-likeness (QED) is 0.786. The summed E-state index contributed by atoms with van der Waals surface area (Å²) in [6.07, 6.45) is 2.66. The minimum atomic E-state index is 0.784. The molecule has 0 saturated carbocycles. The number of fused-ring (bicyclic) bond motifs is 1. The first-order chi connectivity index (χ1) is 9.31. The molecule has 4 nitrogen and oxygen atoms in total. The van der Waals surface area contributed by atoms with Gasteiger partial charge in [0.05, 0.1) is 11.0 Å². The van der Waals surface area contributed by atoms with E-state index in [2.05, 4.69) is 38.8 Å². The SMILES string of the molecule is Cc1nc2ccc(CNCC3CCCNC3)cc2[nH]1. The highest BCUT2D eigenvalue weighted by Crippen LogP contribution is 2.14. The fourth-order valence-corrected chi connectivity index (χ4v) is 2.81. The van der Waals surface area contributed by atoms with Gasteiger partial charge in [-0.2, -0.15) is 0 Å². The van der Waals surface area contributed by atoms with Crippen LogP contribution in [0.25, 0.3) is 11.0 Å². The van der Waals surface area contributed by atoms with E-state index in [9.17, 15) is 0 Å². The van der Waals surface area contributed by atoms with Crippen LogP contribution < -0.4 is 10.6 Å². The third-order valence-corrected chi connectivity index (χ3v) is 3.83. The van der Waals surface area contributed by atoms with Gasteiger partial charge in [-0.05, 0) is 63.0 Å². The number of hydrogen-bond donors (Lipinski definition) is 3. The molecule has 1 aliphatic rings. The minimum absolute atomic E-state index is 0.784. The summed E-state index contributed by atoms with van der Waals surface area (Å²) in [6, 6.07) is 6.45. The Balaban J connectivity index is 1.55. The van der Waals surface area contributed by atoms with Gasteiger partial charge in [0.2, 0.25) is 0 Å². The number of piperidine rings is 1. The van der Waals surface area contributed by atoms with E-state index in [1.54, 1.807) is 0 Å². The summed E-state index contributed by atoms with van der Waals surface area (Å²) in [4.78, 5) is 7.71. The monoisotopic (exact) mass is 258 g/mol. The van der Waals surface area contributed by atoms with Crippen molar-refractivity contribution in [3.05, 3.63) is 29.6 Å². The van der Waals surface area contributed by atoms with Crippen molar-refractivity contribution in [2.75, 3.05) is 19.6 Å². The molecule has 1 atom stereocenters. The maximum Gasteiger partial charge on any atom is 0.104 e. The molecule has 1 unspecified atom stereocenters. The highest BCUT2D eigenvalue weighted by molar-refractivity contribution is 5.75. The van der Waals surface area contributed by atoms with Crippen LogP contribution in [0.5, 0.6) is 0 Å². The molecule has 0 radical (unpaired) electrons. The highest BCUT2D eigenvalue weighted by Gasteiger charge is 2.11. The summed E-state index contributed by atoms with van der Waals surface area (Å²) in [7, 11) is 0. The molecule has 1 saturated heterocycles. The molecule has 1 aromatic carbocycles. The van der Waals surface area contributed by atoms with E-state index in [0.29, 0.717) is 0 Å². The average molecular weight is 258 g/mol. The van der Waals surface area contributed by atoms with Crippen LogP contribution in [-0.4, -0.2) is 29.6 Å². The van der Waals surface area contributed by atoms with Gasteiger partial charge in [-0.15, -0.1) is 0 Å². The van der Waals surface area contributed by atoms with E-state index >= 15 is 0 Å². The van der Waals surface area contributed by atoms with E-state index in [-0.39, 0.29) is 0 Å². The molecule has 102 valence electrons. The molecule has 3 rings (SSSR count). The molecule has 1 aliphatic heterocycles. The van der Waals surface area contributed by atoms with Gasteiger partial charge in [0.25, 0.3) is 0 Å². The second kappa shape index (κ2) is 5.72. The topological polar surface area (TPSA) is 52.7 Å². The molecule has 0 spiro atoms. The van der Waals surface area contributed by atoms with Crippen LogP contribution in [-0.2, 0) is 6.54 Å².